The molecule has 0 fully saturated rings. The molecule has 0 unspecified atom stereocenters. The van der Waals surface area contributed by atoms with Crippen LogP contribution in [0.3, 0.4) is 0 Å². The first kappa shape index (κ1) is 11.6. The van der Waals surface area contributed by atoms with E-state index in [1.54, 1.807) is 0 Å². The van der Waals surface area contributed by atoms with Crippen molar-refractivity contribution in [3.8, 4) is 0 Å². The van der Waals surface area contributed by atoms with Gasteiger partial charge in [-0.05, 0) is 13.8 Å². The SMILES string of the molecule is CC(C)(F)Cn1ncnc1CCC(=O)O. The van der Waals surface area contributed by atoms with Crippen LogP contribution in [0.15, 0.2) is 6.33 Å². The van der Waals surface area contributed by atoms with Crippen molar-refractivity contribution in [3.05, 3.63) is 12.2 Å². The maximum Gasteiger partial charge on any atom is 0.303 e. The van der Waals surface area contributed by atoms with E-state index in [1.165, 1.54) is 24.9 Å². The summed E-state index contributed by atoms with van der Waals surface area (Å²) >= 11 is 0. The van der Waals surface area contributed by atoms with E-state index in [1.807, 2.05) is 0 Å². The summed E-state index contributed by atoms with van der Waals surface area (Å²) in [6.45, 7) is 2.97. The lowest BCUT2D eigenvalue weighted by molar-refractivity contribution is -0.137. The summed E-state index contributed by atoms with van der Waals surface area (Å²) in [5.41, 5.74) is -1.38. The van der Waals surface area contributed by atoms with Crippen LogP contribution in [-0.4, -0.2) is 31.5 Å². The lowest BCUT2D eigenvalue weighted by Crippen LogP contribution is -2.23. The minimum atomic E-state index is -1.38. The summed E-state index contributed by atoms with van der Waals surface area (Å²) in [4.78, 5) is 14.3. The molecule has 1 aromatic heterocycles. The third kappa shape index (κ3) is 4.05. The van der Waals surface area contributed by atoms with E-state index >= 15 is 0 Å². The van der Waals surface area contributed by atoms with Crippen molar-refractivity contribution in [2.75, 3.05) is 0 Å². The second-order valence-corrected chi connectivity index (χ2v) is 3.95. The van der Waals surface area contributed by atoms with Gasteiger partial charge in [0.15, 0.2) is 0 Å². The Labute approximate surface area is 86.9 Å². The zero-order valence-electron chi connectivity index (χ0n) is 8.77. The minimum absolute atomic E-state index is 0.0224. The average Bonchev–Trinajstić information content (AvgIpc) is 2.45. The van der Waals surface area contributed by atoms with E-state index in [9.17, 15) is 9.18 Å². The average molecular weight is 215 g/mol. The predicted molar refractivity (Wildman–Crippen MR) is 51.2 cm³/mol. The summed E-state index contributed by atoms with van der Waals surface area (Å²) in [5, 5.41) is 12.4. The van der Waals surface area contributed by atoms with Crippen LogP contribution in [0.5, 0.6) is 0 Å². The number of carboxylic acid groups (broad SMARTS) is 1. The van der Waals surface area contributed by atoms with E-state index < -0.39 is 11.6 Å². The van der Waals surface area contributed by atoms with Crippen LogP contribution in [0.25, 0.3) is 0 Å². The molecular weight excluding hydrogens is 201 g/mol. The van der Waals surface area contributed by atoms with Gasteiger partial charge in [0.2, 0.25) is 0 Å². The number of aromatic nitrogens is 3. The van der Waals surface area contributed by atoms with Crippen LogP contribution in [0.1, 0.15) is 26.1 Å². The highest BCUT2D eigenvalue weighted by Gasteiger charge is 2.19. The first-order valence-electron chi connectivity index (χ1n) is 4.66. The Morgan fingerprint density at radius 3 is 2.87 bits per heavy atom. The highest BCUT2D eigenvalue weighted by Crippen LogP contribution is 2.12. The molecule has 0 spiro atoms. The minimum Gasteiger partial charge on any atom is -0.481 e. The maximum absolute atomic E-state index is 13.3. The van der Waals surface area contributed by atoms with Crippen LogP contribution in [-0.2, 0) is 17.8 Å². The number of alkyl halides is 1. The van der Waals surface area contributed by atoms with Gasteiger partial charge in [-0.15, -0.1) is 0 Å². The van der Waals surface area contributed by atoms with Gasteiger partial charge in [0.25, 0.3) is 0 Å². The molecular formula is C9H14FN3O2. The van der Waals surface area contributed by atoms with Gasteiger partial charge >= 0.3 is 5.97 Å². The van der Waals surface area contributed by atoms with E-state index in [4.69, 9.17) is 5.11 Å². The van der Waals surface area contributed by atoms with Crippen LogP contribution in [0, 0.1) is 0 Å². The molecule has 0 saturated carbocycles. The number of hydrogen-bond acceptors (Lipinski definition) is 3. The molecule has 0 aromatic carbocycles. The second-order valence-electron chi connectivity index (χ2n) is 3.95. The number of nitrogens with zero attached hydrogens (tertiary/aromatic N) is 3. The monoisotopic (exact) mass is 215 g/mol. The fraction of sp³-hybridized carbons (Fsp3) is 0.667. The maximum atomic E-state index is 13.3. The summed E-state index contributed by atoms with van der Waals surface area (Å²) in [7, 11) is 0. The molecule has 1 heterocycles. The molecule has 1 N–H and O–H groups in total. The normalized spacial score (nSPS) is 11.7. The highest BCUT2D eigenvalue weighted by atomic mass is 19.1. The third-order valence-corrected chi connectivity index (χ3v) is 1.78. The van der Waals surface area contributed by atoms with Crippen molar-refractivity contribution >= 4 is 5.97 Å². The van der Waals surface area contributed by atoms with Crippen LogP contribution >= 0.6 is 0 Å². The van der Waals surface area contributed by atoms with Gasteiger partial charge in [-0.25, -0.2) is 14.1 Å². The molecule has 0 aliphatic rings. The van der Waals surface area contributed by atoms with E-state index in [0.29, 0.717) is 5.82 Å². The smallest absolute Gasteiger partial charge is 0.303 e. The van der Waals surface area contributed by atoms with Gasteiger partial charge in [0.1, 0.15) is 17.8 Å². The molecule has 6 heteroatoms. The zero-order chi connectivity index (χ0) is 11.5. The lowest BCUT2D eigenvalue weighted by Gasteiger charge is -2.14. The van der Waals surface area contributed by atoms with Crippen LogP contribution in [0.4, 0.5) is 4.39 Å². The van der Waals surface area contributed by atoms with Crippen LogP contribution in [0.2, 0.25) is 0 Å². The van der Waals surface area contributed by atoms with E-state index in [2.05, 4.69) is 10.1 Å². The molecule has 0 atom stereocenters. The van der Waals surface area contributed by atoms with Gasteiger partial charge in [0, 0.05) is 6.42 Å². The number of halogens is 1. The molecule has 0 saturated heterocycles. The fourth-order valence-electron chi connectivity index (χ4n) is 1.19. The first-order chi connectivity index (χ1) is 6.88. The van der Waals surface area contributed by atoms with Crippen molar-refractivity contribution in [1.29, 1.82) is 0 Å². The summed E-state index contributed by atoms with van der Waals surface area (Å²) in [6.07, 6.45) is 1.56. The number of hydrogen-bond donors (Lipinski definition) is 1. The number of rotatable bonds is 5. The first-order valence-corrected chi connectivity index (χ1v) is 4.66. The zero-order valence-corrected chi connectivity index (χ0v) is 8.77. The molecule has 0 aliphatic heterocycles. The Morgan fingerprint density at radius 1 is 1.67 bits per heavy atom. The number of aryl methyl sites for hydroxylation is 1. The Balaban J connectivity index is 2.65. The Bertz CT molecular complexity index is 343. The second kappa shape index (κ2) is 4.37. The fourth-order valence-corrected chi connectivity index (χ4v) is 1.19. The van der Waals surface area contributed by atoms with Crippen molar-refractivity contribution in [2.24, 2.45) is 0 Å². The summed E-state index contributed by atoms with van der Waals surface area (Å²) in [6, 6.07) is 0. The number of carboxylic acids is 1. The molecule has 0 bridgehead atoms. The number of carbonyl (C=O) groups is 1. The van der Waals surface area contributed by atoms with Gasteiger partial charge in [-0.1, -0.05) is 0 Å². The largest absolute Gasteiger partial charge is 0.481 e. The van der Waals surface area contributed by atoms with E-state index in [0.717, 1.165) is 0 Å². The van der Waals surface area contributed by atoms with Crippen molar-refractivity contribution in [3.63, 3.8) is 0 Å². The standard InChI is InChI=1S/C9H14FN3O2/c1-9(2,10)5-13-7(11-6-12-13)3-4-8(14)15/h6H,3-5H2,1-2H3,(H,14,15). The number of aliphatic carboxylic acids is 1. The molecule has 0 aliphatic carbocycles. The lowest BCUT2D eigenvalue weighted by atomic mass is 10.2. The topological polar surface area (TPSA) is 68.0 Å². The summed E-state index contributed by atoms with van der Waals surface area (Å²) < 4.78 is 14.7. The quantitative estimate of drug-likeness (QED) is 0.796. The predicted octanol–water partition coefficient (Wildman–Crippen LogP) is 1.04. The molecule has 0 radical (unpaired) electrons. The van der Waals surface area contributed by atoms with Gasteiger partial charge in [-0.3, -0.25) is 4.79 Å². The molecule has 0 amide bonds. The Kier molecular flexibility index (Phi) is 3.39. The van der Waals surface area contributed by atoms with Crippen molar-refractivity contribution < 1.29 is 14.3 Å². The molecule has 15 heavy (non-hydrogen) atoms. The van der Waals surface area contributed by atoms with Gasteiger partial charge in [0.05, 0.1) is 13.0 Å². The molecule has 1 rings (SSSR count). The van der Waals surface area contributed by atoms with Crippen molar-refractivity contribution in [2.45, 2.75) is 38.9 Å². The third-order valence-electron chi connectivity index (χ3n) is 1.78. The van der Waals surface area contributed by atoms with Gasteiger partial charge < -0.3 is 5.11 Å². The highest BCUT2D eigenvalue weighted by molar-refractivity contribution is 5.66. The summed E-state index contributed by atoms with van der Waals surface area (Å²) in [5.74, 6) is -0.396. The van der Waals surface area contributed by atoms with Gasteiger partial charge in [-0.2, -0.15) is 5.10 Å². The molecule has 5 nitrogen and oxygen atoms in total. The Hall–Kier alpha value is -1.46. The van der Waals surface area contributed by atoms with Crippen molar-refractivity contribution in [1.82, 2.24) is 14.8 Å². The van der Waals surface area contributed by atoms with E-state index in [-0.39, 0.29) is 19.4 Å². The molecule has 84 valence electrons. The molecule has 1 aromatic rings. The van der Waals surface area contributed by atoms with Crippen LogP contribution < -0.4 is 0 Å². The Morgan fingerprint density at radius 2 is 2.33 bits per heavy atom.